The van der Waals surface area contributed by atoms with Crippen LogP contribution >= 0.6 is 0 Å². The first-order valence-corrected chi connectivity index (χ1v) is 40.4. The van der Waals surface area contributed by atoms with Crippen molar-refractivity contribution < 1.29 is 89.6 Å². The minimum absolute atomic E-state index is 0.00399. The summed E-state index contributed by atoms with van der Waals surface area (Å²) in [6, 6.07) is 50.2. The Morgan fingerprint density at radius 2 is 0.902 bits per heavy atom. The van der Waals surface area contributed by atoms with Crippen molar-refractivity contribution >= 4 is 66.5 Å². The summed E-state index contributed by atoms with van der Waals surface area (Å²) in [6.45, 7) is 28.8. The molecule has 0 saturated carbocycles. The number of ether oxygens (including phenoxy) is 7. The van der Waals surface area contributed by atoms with Gasteiger partial charge in [0.25, 0.3) is 20.0 Å². The van der Waals surface area contributed by atoms with E-state index in [2.05, 4.69) is 47.8 Å². The van der Waals surface area contributed by atoms with E-state index in [1.165, 1.54) is 46.1 Å². The molecular formula is C87H118N4O19S2. The molecule has 0 bridgehead atoms. The number of para-hydroxylation sites is 2. The number of carbonyl (C=O) groups is 4. The molecule has 23 nitrogen and oxygen atoms in total. The van der Waals surface area contributed by atoms with Gasteiger partial charge in [0.2, 0.25) is 11.8 Å². The largest absolute Gasteiger partial charge is 0.508 e. The summed E-state index contributed by atoms with van der Waals surface area (Å²) in [7, 11) is -1.50. The third-order valence-electron chi connectivity index (χ3n) is 18.5. The van der Waals surface area contributed by atoms with E-state index in [1.807, 2.05) is 106 Å². The predicted molar refractivity (Wildman–Crippen MR) is 443 cm³/mol. The first kappa shape index (κ1) is 95.5. The lowest BCUT2D eigenvalue weighted by Gasteiger charge is -2.21. The first-order valence-electron chi connectivity index (χ1n) is 37.4. The van der Waals surface area contributed by atoms with Gasteiger partial charge in [0.1, 0.15) is 40.2 Å². The fourth-order valence-corrected chi connectivity index (χ4v) is 11.3. The van der Waals surface area contributed by atoms with Crippen molar-refractivity contribution in [2.24, 2.45) is 22.7 Å². The maximum atomic E-state index is 12.6. The van der Waals surface area contributed by atoms with E-state index in [0.717, 1.165) is 49.7 Å². The number of rotatable bonds is 32. The number of anilines is 4. The van der Waals surface area contributed by atoms with Crippen LogP contribution in [-0.4, -0.2) is 109 Å². The summed E-state index contributed by atoms with van der Waals surface area (Å²) in [5, 5.41) is 42.2. The topological polar surface area (TPSA) is 330 Å². The van der Waals surface area contributed by atoms with E-state index in [0.29, 0.717) is 102 Å². The van der Waals surface area contributed by atoms with Crippen LogP contribution in [0, 0.1) is 22.7 Å². The number of nitrogens with one attached hydrogen (secondary N) is 4. The minimum atomic E-state index is -3.82. The molecule has 4 unspecified atom stereocenters. The zero-order chi connectivity index (χ0) is 83.8. The smallest absolute Gasteiger partial charge is 0.311 e. The van der Waals surface area contributed by atoms with Gasteiger partial charge in [-0.05, 0) is 190 Å². The summed E-state index contributed by atoms with van der Waals surface area (Å²) in [5.41, 5.74) is 4.63. The Kier molecular flexibility index (Phi) is 41.1. The lowest BCUT2D eigenvalue weighted by atomic mass is 9.89. The standard InChI is InChI=1S/C19H24N2O5S.C18H23NO4S.C14H20O4.C14H20O3.C12H17NO2.C10H14O/c1-5-13(2)19(22)20-14-6-9-16(10-7-14)27(23,24)21-17-11-8-15(25-3)12-18(17)26-4;1-5-13(2)14-6-8-18(9-7-14)24(20,21)19-15-10-16(22-3)12-17(11-15)23-4;1-3-11(2)14(16)18-10-6-9-17-13-8-5-4-7-12(13)15;1-4-14(2,3)13(16)17-10-9-11-5-7-12(15)8-6-11;1-4-12(2,3)11(15)13-9-5-7-10(14)8-6-9;1-3-8(2)9-4-6-10(11)7-5-9/h6-13,21H,5H2,1-4H3,(H,20,22);6-13,19H,5H2,1-4H3;4-5,7-8,11,15H,3,6,9-10H2,1-2H3;5-8,15H,4,9-10H2,1-3H3;5-8,14H,4H2,1-3H3,(H,13,15);4-8,11H,3H2,1-2H3. The number of methoxy groups -OCH3 is 4. The van der Waals surface area contributed by atoms with Crippen molar-refractivity contribution in [3.63, 3.8) is 0 Å². The summed E-state index contributed by atoms with van der Waals surface area (Å²) in [4.78, 5) is 47.0. The summed E-state index contributed by atoms with van der Waals surface area (Å²) < 4.78 is 91.7. The van der Waals surface area contributed by atoms with Gasteiger partial charge in [0.15, 0.2) is 11.5 Å². The van der Waals surface area contributed by atoms with Gasteiger partial charge in [-0.15, -0.1) is 0 Å². The molecule has 25 heteroatoms. The highest BCUT2D eigenvalue weighted by atomic mass is 32.2. The average Bonchev–Trinajstić information content (AvgIpc) is 0.818. The van der Waals surface area contributed by atoms with Gasteiger partial charge < -0.3 is 64.2 Å². The number of amides is 2. The molecule has 8 aromatic rings. The number of carbonyl (C=O) groups excluding carboxylic acids is 4. The predicted octanol–water partition coefficient (Wildman–Crippen LogP) is 18.8. The van der Waals surface area contributed by atoms with Crippen LogP contribution in [0.25, 0.3) is 0 Å². The van der Waals surface area contributed by atoms with Gasteiger partial charge in [-0.25, -0.2) is 16.8 Å². The van der Waals surface area contributed by atoms with Crippen LogP contribution in [0.1, 0.15) is 170 Å². The van der Waals surface area contributed by atoms with Crippen LogP contribution in [0.15, 0.2) is 192 Å². The fraction of sp³-hybridized carbons (Fsp3) is 0.402. The molecule has 8 N–H and O–H groups in total. The fourth-order valence-electron chi connectivity index (χ4n) is 9.16. The molecule has 612 valence electrons. The maximum absolute atomic E-state index is 12.6. The van der Waals surface area contributed by atoms with Crippen molar-refractivity contribution in [1.82, 2.24) is 0 Å². The number of sulfonamides is 2. The van der Waals surface area contributed by atoms with Crippen LogP contribution in [0.2, 0.25) is 0 Å². The van der Waals surface area contributed by atoms with Crippen LogP contribution in [-0.2, 0) is 55.1 Å². The zero-order valence-electron chi connectivity index (χ0n) is 68.1. The minimum Gasteiger partial charge on any atom is -0.508 e. The third kappa shape index (κ3) is 33.5. The quantitative estimate of drug-likeness (QED) is 0.0110. The molecule has 0 aromatic heterocycles. The Labute approximate surface area is 663 Å². The van der Waals surface area contributed by atoms with E-state index in [4.69, 9.17) is 48.5 Å². The monoisotopic (exact) mass is 1590 g/mol. The third-order valence-corrected chi connectivity index (χ3v) is 21.3. The molecule has 0 heterocycles. The van der Waals surface area contributed by atoms with Gasteiger partial charge in [-0.1, -0.05) is 132 Å². The zero-order valence-corrected chi connectivity index (χ0v) is 69.8. The molecule has 2 amide bonds. The first-order chi connectivity index (χ1) is 53.0. The van der Waals surface area contributed by atoms with E-state index in [1.54, 1.807) is 133 Å². The Morgan fingerprint density at radius 1 is 0.438 bits per heavy atom. The molecule has 0 aliphatic heterocycles. The number of phenolic OH excluding ortho intramolecular Hbond substituents is 4. The molecule has 0 fully saturated rings. The Morgan fingerprint density at radius 3 is 1.38 bits per heavy atom. The second-order valence-electron chi connectivity index (χ2n) is 27.7. The summed E-state index contributed by atoms with van der Waals surface area (Å²) in [5.74, 6) is 3.68. The number of hydrogen-bond donors (Lipinski definition) is 8. The second-order valence-corrected chi connectivity index (χ2v) is 31.0. The van der Waals surface area contributed by atoms with Crippen molar-refractivity contribution in [2.45, 2.75) is 170 Å². The highest BCUT2D eigenvalue weighted by Gasteiger charge is 2.28. The molecule has 0 spiro atoms. The van der Waals surface area contributed by atoms with Gasteiger partial charge >= 0.3 is 11.9 Å². The number of esters is 2. The van der Waals surface area contributed by atoms with Crippen LogP contribution in [0.5, 0.6) is 51.7 Å². The van der Waals surface area contributed by atoms with E-state index >= 15 is 0 Å². The lowest BCUT2D eigenvalue weighted by molar-refractivity contribution is -0.154. The summed E-state index contributed by atoms with van der Waals surface area (Å²) in [6.07, 6.45) is 6.50. The van der Waals surface area contributed by atoms with Crippen molar-refractivity contribution in [2.75, 3.05) is 68.3 Å². The van der Waals surface area contributed by atoms with E-state index in [-0.39, 0.29) is 68.0 Å². The van der Waals surface area contributed by atoms with E-state index in [9.17, 15) is 41.1 Å². The molecule has 0 aliphatic rings. The molecular weight excluding hydrogens is 1470 g/mol. The molecule has 8 aromatic carbocycles. The molecule has 0 radical (unpaired) electrons. The van der Waals surface area contributed by atoms with Gasteiger partial charge in [-0.2, -0.15) is 0 Å². The SMILES string of the molecule is CCC(C)(C)C(=O)Nc1ccc(O)cc1.CCC(C)(C)C(=O)OCCc1ccc(O)cc1.CCC(C)C(=O)Nc1ccc(S(=O)(=O)Nc2ccc(OC)cc2OC)cc1.CCC(C)C(=O)OCCCOc1ccccc1O.CCC(C)c1ccc(O)cc1.CCC(C)c1ccc(S(=O)(=O)Nc2cc(OC)cc(OC)c2)cc1. The highest BCUT2D eigenvalue weighted by Crippen LogP contribution is 2.33. The number of hydrogen-bond acceptors (Lipinski definition) is 19. The van der Waals surface area contributed by atoms with Crippen molar-refractivity contribution in [3.8, 4) is 51.7 Å². The number of benzene rings is 8. The Bertz CT molecular complexity index is 4350. The van der Waals surface area contributed by atoms with Crippen molar-refractivity contribution in [3.05, 3.63) is 199 Å². The molecule has 4 atom stereocenters. The lowest BCUT2D eigenvalue weighted by Crippen LogP contribution is -2.29. The van der Waals surface area contributed by atoms with Crippen LogP contribution in [0.4, 0.5) is 22.7 Å². The molecule has 8 rings (SSSR count). The molecule has 112 heavy (non-hydrogen) atoms. The summed E-state index contributed by atoms with van der Waals surface area (Å²) >= 11 is 0. The Hall–Kier alpha value is -10.7. The van der Waals surface area contributed by atoms with Crippen molar-refractivity contribution in [1.29, 1.82) is 0 Å². The number of aromatic hydroxyl groups is 4. The van der Waals surface area contributed by atoms with Crippen LogP contribution < -0.4 is 43.8 Å². The maximum Gasteiger partial charge on any atom is 0.311 e. The van der Waals surface area contributed by atoms with E-state index < -0.39 is 25.5 Å². The highest BCUT2D eigenvalue weighted by molar-refractivity contribution is 7.93. The van der Waals surface area contributed by atoms with Gasteiger partial charge in [0, 0.05) is 59.8 Å². The Balaban J connectivity index is 0.000000356. The van der Waals surface area contributed by atoms with Gasteiger partial charge in [-0.3, -0.25) is 28.6 Å². The second kappa shape index (κ2) is 48.2. The normalized spacial score (nSPS) is 12.0. The van der Waals surface area contributed by atoms with Gasteiger partial charge in [0.05, 0.1) is 80.8 Å². The number of phenols is 4. The van der Waals surface area contributed by atoms with Crippen LogP contribution in [0.3, 0.4) is 0 Å². The molecule has 0 saturated heterocycles. The average molecular weight is 1590 g/mol. The molecule has 0 aliphatic carbocycles.